The van der Waals surface area contributed by atoms with Crippen molar-refractivity contribution in [2.45, 2.75) is 46.1 Å². The molecule has 1 aromatic rings. The molecule has 0 aromatic heterocycles. The second-order valence-electron chi connectivity index (χ2n) is 7.65. The highest BCUT2D eigenvalue weighted by atomic mass is 16.5. The van der Waals surface area contributed by atoms with E-state index in [1.807, 2.05) is 0 Å². The van der Waals surface area contributed by atoms with Crippen LogP contribution in [-0.4, -0.2) is 39.5 Å². The van der Waals surface area contributed by atoms with E-state index < -0.39 is 46.2 Å². The first-order chi connectivity index (χ1) is 13.8. The first-order valence-corrected chi connectivity index (χ1v) is 9.19. The minimum Gasteiger partial charge on any atom is -0.507 e. The number of ketones is 3. The van der Waals surface area contributed by atoms with E-state index in [0.717, 1.165) is 6.08 Å². The molecule has 2 atom stereocenters. The zero-order chi connectivity index (χ0) is 22.7. The van der Waals surface area contributed by atoms with Crippen LogP contribution in [0.4, 0.5) is 0 Å². The Morgan fingerprint density at radius 3 is 2.33 bits per heavy atom. The van der Waals surface area contributed by atoms with Gasteiger partial charge in [-0.3, -0.25) is 19.2 Å². The van der Waals surface area contributed by atoms with Gasteiger partial charge >= 0.3 is 0 Å². The minimum absolute atomic E-state index is 0.000000262. The number of nitrogens with two attached hydrogens (primary N) is 1. The van der Waals surface area contributed by atoms with E-state index in [-0.39, 0.29) is 39.5 Å². The predicted molar refractivity (Wildman–Crippen MR) is 105 cm³/mol. The summed E-state index contributed by atoms with van der Waals surface area (Å²) in [5.74, 6) is -3.62. The van der Waals surface area contributed by atoms with Gasteiger partial charge in [0.25, 0.3) is 0 Å². The number of rotatable bonds is 4. The molecule has 3 rings (SSSR count). The standard InChI is InChI=1S/C21H22N2O7/c1-7-16(26)14(10(4)24)18-15(17(7)27)21(5)12(30-18)6-11(25)13(19(21)28)8(2)23-9(3)20(22)29/h6,9,23,26-27H,1-5H3,(H2,22,29)/b13-8+/t9-,21-/m0/s1. The van der Waals surface area contributed by atoms with E-state index in [9.17, 15) is 29.4 Å². The number of amides is 1. The topological polar surface area (TPSA) is 156 Å². The van der Waals surface area contributed by atoms with Crippen molar-refractivity contribution in [3.63, 3.8) is 0 Å². The van der Waals surface area contributed by atoms with E-state index in [1.165, 1.54) is 34.6 Å². The fraction of sp³-hybridized carbons (Fsp3) is 0.333. The van der Waals surface area contributed by atoms with Crippen molar-refractivity contribution in [1.29, 1.82) is 0 Å². The van der Waals surface area contributed by atoms with E-state index in [4.69, 9.17) is 10.5 Å². The number of benzene rings is 1. The molecule has 0 unspecified atom stereocenters. The SMILES string of the molecule is CC(=O)c1c(O)c(C)c(O)c2c1OC1=CC(=O)/C(=C(/C)N[C@@H](C)C(N)=O)C(=O)[C@@]12C. The quantitative estimate of drug-likeness (QED) is 0.323. The Labute approximate surface area is 172 Å². The second-order valence-corrected chi connectivity index (χ2v) is 7.65. The monoisotopic (exact) mass is 414 g/mol. The number of carbonyl (C=O) groups is 4. The number of ether oxygens (including phenoxy) is 1. The molecule has 0 fully saturated rings. The summed E-state index contributed by atoms with van der Waals surface area (Å²) in [6.45, 7) is 7.03. The van der Waals surface area contributed by atoms with Crippen molar-refractivity contribution in [2.24, 2.45) is 5.73 Å². The number of fused-ring (bicyclic) bond motifs is 3. The van der Waals surface area contributed by atoms with Gasteiger partial charge in [-0.25, -0.2) is 0 Å². The molecular weight excluding hydrogens is 392 g/mol. The van der Waals surface area contributed by atoms with Gasteiger partial charge in [-0.2, -0.15) is 0 Å². The molecule has 0 radical (unpaired) electrons. The van der Waals surface area contributed by atoms with Crippen molar-refractivity contribution < 1.29 is 34.1 Å². The van der Waals surface area contributed by atoms with Crippen LogP contribution in [-0.2, 0) is 19.8 Å². The molecule has 1 aromatic carbocycles. The van der Waals surface area contributed by atoms with Crippen LogP contribution < -0.4 is 15.8 Å². The van der Waals surface area contributed by atoms with Crippen LogP contribution in [0.3, 0.4) is 0 Å². The van der Waals surface area contributed by atoms with Gasteiger partial charge in [-0.05, 0) is 34.6 Å². The first-order valence-electron chi connectivity index (χ1n) is 9.19. The molecule has 1 aliphatic carbocycles. The van der Waals surface area contributed by atoms with E-state index in [2.05, 4.69) is 5.32 Å². The molecule has 0 saturated heterocycles. The second kappa shape index (κ2) is 6.72. The summed E-state index contributed by atoms with van der Waals surface area (Å²) in [5, 5.41) is 23.8. The van der Waals surface area contributed by atoms with Crippen molar-refractivity contribution >= 4 is 23.3 Å². The Hall–Kier alpha value is -3.62. The maximum absolute atomic E-state index is 13.5. The average Bonchev–Trinajstić information content (AvgIpc) is 2.93. The summed E-state index contributed by atoms with van der Waals surface area (Å²) in [7, 11) is 0. The first kappa shape index (κ1) is 21.1. The van der Waals surface area contributed by atoms with E-state index in [1.54, 1.807) is 0 Å². The lowest BCUT2D eigenvalue weighted by Crippen LogP contribution is -2.43. The Balaban J connectivity index is 2.29. The van der Waals surface area contributed by atoms with Gasteiger partial charge in [0.05, 0.1) is 11.1 Å². The Morgan fingerprint density at radius 2 is 1.80 bits per heavy atom. The van der Waals surface area contributed by atoms with Crippen molar-refractivity contribution in [3.05, 3.63) is 39.8 Å². The Kier molecular flexibility index (Phi) is 4.73. The van der Waals surface area contributed by atoms with Gasteiger partial charge in [0.1, 0.15) is 40.0 Å². The third-order valence-electron chi connectivity index (χ3n) is 5.62. The molecule has 5 N–H and O–H groups in total. The molecule has 1 amide bonds. The molecule has 30 heavy (non-hydrogen) atoms. The third-order valence-corrected chi connectivity index (χ3v) is 5.62. The summed E-state index contributed by atoms with van der Waals surface area (Å²) in [5.41, 5.74) is 3.38. The number of aromatic hydroxyl groups is 2. The number of hydrogen-bond acceptors (Lipinski definition) is 8. The number of phenolic OH excluding ortho intramolecular Hbond substituents is 2. The highest BCUT2D eigenvalue weighted by Crippen LogP contribution is 2.57. The molecule has 1 heterocycles. The maximum Gasteiger partial charge on any atom is 0.239 e. The summed E-state index contributed by atoms with van der Waals surface area (Å²) in [4.78, 5) is 49.7. The van der Waals surface area contributed by atoms with E-state index in [0.29, 0.717) is 0 Å². The molecule has 1 aliphatic heterocycles. The Bertz CT molecular complexity index is 1110. The highest BCUT2D eigenvalue weighted by molar-refractivity contribution is 6.31. The summed E-state index contributed by atoms with van der Waals surface area (Å²) in [6, 6.07) is -0.833. The molecule has 0 bridgehead atoms. The predicted octanol–water partition coefficient (Wildman–Crippen LogP) is 1.03. The molecule has 9 heteroatoms. The molecule has 158 valence electrons. The third kappa shape index (κ3) is 2.69. The number of Topliss-reactive ketones (excluding diaryl/α,β-unsaturated/α-hetero) is 2. The lowest BCUT2D eigenvalue weighted by Gasteiger charge is -2.29. The van der Waals surface area contributed by atoms with Gasteiger partial charge in [-0.15, -0.1) is 0 Å². The number of hydrogen-bond donors (Lipinski definition) is 4. The minimum atomic E-state index is -1.61. The number of nitrogens with one attached hydrogen (secondary N) is 1. The Morgan fingerprint density at radius 1 is 1.20 bits per heavy atom. The maximum atomic E-state index is 13.5. The van der Waals surface area contributed by atoms with Crippen LogP contribution in [0.2, 0.25) is 0 Å². The van der Waals surface area contributed by atoms with Crippen molar-refractivity contribution in [2.75, 3.05) is 0 Å². The molecule has 2 aliphatic rings. The molecule has 0 saturated carbocycles. The lowest BCUT2D eigenvalue weighted by atomic mass is 9.70. The van der Waals surface area contributed by atoms with Crippen LogP contribution >= 0.6 is 0 Å². The number of phenols is 2. The molecular formula is C21H22N2O7. The van der Waals surface area contributed by atoms with Crippen LogP contribution in [0.25, 0.3) is 0 Å². The lowest BCUT2D eigenvalue weighted by molar-refractivity contribution is -0.124. The van der Waals surface area contributed by atoms with Crippen LogP contribution in [0.1, 0.15) is 49.2 Å². The average molecular weight is 414 g/mol. The fourth-order valence-corrected chi connectivity index (χ4v) is 3.83. The largest absolute Gasteiger partial charge is 0.507 e. The number of primary amides is 1. The van der Waals surface area contributed by atoms with Gasteiger partial charge in [-0.1, -0.05) is 0 Å². The normalized spacial score (nSPS) is 22.5. The van der Waals surface area contributed by atoms with Gasteiger partial charge in [0.15, 0.2) is 17.3 Å². The smallest absolute Gasteiger partial charge is 0.239 e. The van der Waals surface area contributed by atoms with E-state index >= 15 is 0 Å². The highest BCUT2D eigenvalue weighted by Gasteiger charge is 2.56. The summed E-state index contributed by atoms with van der Waals surface area (Å²) in [6.07, 6.45) is 1.10. The molecule has 9 nitrogen and oxygen atoms in total. The van der Waals surface area contributed by atoms with Gasteiger partial charge in [0, 0.05) is 17.3 Å². The summed E-state index contributed by atoms with van der Waals surface area (Å²) < 4.78 is 5.67. The van der Waals surface area contributed by atoms with Gasteiger partial charge in [0.2, 0.25) is 5.91 Å². The van der Waals surface area contributed by atoms with Crippen LogP contribution in [0.5, 0.6) is 17.2 Å². The zero-order valence-electron chi connectivity index (χ0n) is 17.2. The van der Waals surface area contributed by atoms with Crippen molar-refractivity contribution in [3.8, 4) is 17.2 Å². The number of allylic oxidation sites excluding steroid dienone is 4. The van der Waals surface area contributed by atoms with Crippen LogP contribution in [0, 0.1) is 6.92 Å². The number of carbonyl (C=O) groups excluding carboxylic acids is 4. The van der Waals surface area contributed by atoms with Gasteiger partial charge < -0.3 is 26.0 Å². The van der Waals surface area contributed by atoms with Crippen molar-refractivity contribution in [1.82, 2.24) is 5.32 Å². The fourth-order valence-electron chi connectivity index (χ4n) is 3.83. The zero-order valence-corrected chi connectivity index (χ0v) is 17.2. The summed E-state index contributed by atoms with van der Waals surface area (Å²) >= 11 is 0. The molecule has 0 spiro atoms. The van der Waals surface area contributed by atoms with Crippen LogP contribution in [0.15, 0.2) is 23.1 Å².